The van der Waals surface area contributed by atoms with Gasteiger partial charge in [-0.05, 0) is 24.3 Å². The van der Waals surface area contributed by atoms with Gasteiger partial charge >= 0.3 is 0 Å². The summed E-state index contributed by atoms with van der Waals surface area (Å²) < 4.78 is 7.78. The van der Waals surface area contributed by atoms with E-state index in [9.17, 15) is 10.1 Å². The summed E-state index contributed by atoms with van der Waals surface area (Å²) in [5.74, 6) is 0.600. The van der Waals surface area contributed by atoms with Crippen molar-refractivity contribution in [3.8, 4) is 23.1 Å². The van der Waals surface area contributed by atoms with E-state index in [-0.39, 0.29) is 5.91 Å². The van der Waals surface area contributed by atoms with Crippen molar-refractivity contribution in [2.45, 2.75) is 20.1 Å². The summed E-state index contributed by atoms with van der Waals surface area (Å²) >= 11 is 0. The molecule has 0 radical (unpaired) electrons. The van der Waals surface area contributed by atoms with Gasteiger partial charge in [0, 0.05) is 36.0 Å². The topological polar surface area (TPSA) is 92.8 Å². The highest BCUT2D eigenvalue weighted by atomic mass is 16.5. The van der Waals surface area contributed by atoms with E-state index in [0.717, 1.165) is 17.0 Å². The molecule has 0 unspecified atom stereocenters. The van der Waals surface area contributed by atoms with E-state index in [4.69, 9.17) is 4.74 Å². The maximum atomic E-state index is 11.2. The minimum atomic E-state index is -0.124. The van der Waals surface area contributed by atoms with Gasteiger partial charge in [0.05, 0.1) is 17.9 Å². The average molecular weight is 345 g/mol. The first-order valence-electron chi connectivity index (χ1n) is 8.09. The smallest absolute Gasteiger partial charge is 0.221 e. The second-order valence-electron chi connectivity index (χ2n) is 5.98. The Morgan fingerprint density at radius 1 is 1.35 bits per heavy atom. The Morgan fingerprint density at radius 3 is 3.04 bits per heavy atom. The van der Waals surface area contributed by atoms with Crippen molar-refractivity contribution >= 4 is 11.6 Å². The number of benzene rings is 1. The van der Waals surface area contributed by atoms with Crippen molar-refractivity contribution in [3.05, 3.63) is 59.5 Å². The lowest BCUT2D eigenvalue weighted by Crippen LogP contribution is -2.06. The molecule has 0 saturated carbocycles. The molecule has 3 heterocycles. The van der Waals surface area contributed by atoms with Crippen molar-refractivity contribution < 1.29 is 9.53 Å². The Balaban J connectivity index is 1.68. The van der Waals surface area contributed by atoms with Crippen LogP contribution in [-0.4, -0.2) is 20.7 Å². The lowest BCUT2D eigenvalue weighted by atomic mass is 10.1. The molecule has 0 atom stereocenters. The molecule has 1 aliphatic rings. The molecule has 1 aromatic carbocycles. The largest absolute Gasteiger partial charge is 0.487 e. The Morgan fingerprint density at radius 2 is 2.23 bits per heavy atom. The molecule has 7 nitrogen and oxygen atoms in total. The second-order valence-corrected chi connectivity index (χ2v) is 5.98. The number of nitrogens with one attached hydrogen (secondary N) is 1. The maximum absolute atomic E-state index is 11.2. The first-order chi connectivity index (χ1) is 12.6. The number of aromatic nitrogens is 3. The summed E-state index contributed by atoms with van der Waals surface area (Å²) in [6.07, 6.45) is 1.59. The van der Waals surface area contributed by atoms with Crippen molar-refractivity contribution in [3.63, 3.8) is 0 Å². The molecule has 4 rings (SSSR count). The number of pyridine rings is 1. The second kappa shape index (κ2) is 6.33. The molecule has 0 spiro atoms. The molecule has 0 aliphatic carbocycles. The van der Waals surface area contributed by atoms with E-state index >= 15 is 0 Å². The van der Waals surface area contributed by atoms with Crippen LogP contribution in [0, 0.1) is 11.3 Å². The lowest BCUT2D eigenvalue weighted by Gasteiger charge is -2.09. The van der Waals surface area contributed by atoms with Crippen LogP contribution in [0.3, 0.4) is 0 Å². The number of fused-ring (bicyclic) bond motifs is 2. The van der Waals surface area contributed by atoms with Gasteiger partial charge in [-0.3, -0.25) is 9.48 Å². The summed E-state index contributed by atoms with van der Waals surface area (Å²) in [4.78, 5) is 15.3. The number of carbonyl (C=O) groups is 1. The summed E-state index contributed by atoms with van der Waals surface area (Å²) in [5, 5.41) is 16.6. The van der Waals surface area contributed by atoms with Gasteiger partial charge in [-0.15, -0.1) is 0 Å². The minimum absolute atomic E-state index is 0.124. The number of nitrogens with zero attached hydrogens (tertiary/aromatic N) is 4. The molecular formula is C19H15N5O2. The van der Waals surface area contributed by atoms with Crippen LogP contribution in [0.1, 0.15) is 23.9 Å². The van der Waals surface area contributed by atoms with Crippen LogP contribution in [0.15, 0.2) is 42.6 Å². The molecule has 26 heavy (non-hydrogen) atoms. The summed E-state index contributed by atoms with van der Waals surface area (Å²) in [6, 6.07) is 13.2. The summed E-state index contributed by atoms with van der Waals surface area (Å²) in [7, 11) is 0. The molecule has 7 heteroatoms. The van der Waals surface area contributed by atoms with Gasteiger partial charge in [0.1, 0.15) is 24.1 Å². The number of hydrogen-bond acceptors (Lipinski definition) is 5. The van der Waals surface area contributed by atoms with Gasteiger partial charge in [0.2, 0.25) is 5.91 Å². The highest BCUT2D eigenvalue weighted by Crippen LogP contribution is 2.30. The highest BCUT2D eigenvalue weighted by molar-refractivity contribution is 5.88. The van der Waals surface area contributed by atoms with E-state index < -0.39 is 0 Å². The zero-order valence-corrected chi connectivity index (χ0v) is 14.1. The lowest BCUT2D eigenvalue weighted by molar-refractivity contribution is -0.114. The van der Waals surface area contributed by atoms with Crippen molar-refractivity contribution in [2.75, 3.05) is 5.32 Å². The predicted molar refractivity (Wildman–Crippen MR) is 94.4 cm³/mol. The monoisotopic (exact) mass is 345 g/mol. The molecule has 0 saturated heterocycles. The standard InChI is InChI=1S/C19H15N5O2/c1-12(25)22-14-5-4-13-10-24-15(11-26-19(13)7-14)8-17(23-24)16-3-2-6-21-18(16)9-20/h2-8H,10-11H2,1H3,(H,22,25). The molecule has 1 N–H and O–H groups in total. The zero-order valence-electron chi connectivity index (χ0n) is 14.1. The van der Waals surface area contributed by atoms with Gasteiger partial charge in [-0.25, -0.2) is 4.98 Å². The molecule has 2 aromatic heterocycles. The number of hydrogen-bond donors (Lipinski definition) is 1. The van der Waals surface area contributed by atoms with Crippen LogP contribution in [0.5, 0.6) is 5.75 Å². The number of rotatable bonds is 2. The third kappa shape index (κ3) is 2.89. The number of carbonyl (C=O) groups excluding carboxylic acids is 1. The molecule has 1 amide bonds. The molecule has 128 valence electrons. The van der Waals surface area contributed by atoms with Crippen LogP contribution in [0.4, 0.5) is 5.69 Å². The summed E-state index contributed by atoms with van der Waals surface area (Å²) in [6.45, 7) is 2.37. The number of nitriles is 1. The van der Waals surface area contributed by atoms with Crippen LogP contribution < -0.4 is 10.1 Å². The predicted octanol–water partition coefficient (Wildman–Crippen LogP) is 2.72. The van der Waals surface area contributed by atoms with Gasteiger partial charge in [0.25, 0.3) is 0 Å². The van der Waals surface area contributed by atoms with Gasteiger partial charge in [-0.2, -0.15) is 10.4 Å². The quantitative estimate of drug-likeness (QED) is 0.771. The number of anilines is 1. The highest BCUT2D eigenvalue weighted by Gasteiger charge is 2.19. The van der Waals surface area contributed by atoms with E-state index in [1.165, 1.54) is 6.92 Å². The van der Waals surface area contributed by atoms with Crippen molar-refractivity contribution in [1.29, 1.82) is 5.26 Å². The van der Waals surface area contributed by atoms with Crippen LogP contribution in [0.25, 0.3) is 11.3 Å². The fourth-order valence-electron chi connectivity index (χ4n) is 2.95. The van der Waals surface area contributed by atoms with E-state index in [1.807, 2.05) is 35.0 Å². The molecular weight excluding hydrogens is 330 g/mol. The van der Waals surface area contributed by atoms with Crippen molar-refractivity contribution in [1.82, 2.24) is 14.8 Å². The first kappa shape index (κ1) is 15.8. The first-order valence-corrected chi connectivity index (χ1v) is 8.09. The normalized spacial score (nSPS) is 12.2. The van der Waals surface area contributed by atoms with Gasteiger partial charge in [0.15, 0.2) is 0 Å². The average Bonchev–Trinajstić information content (AvgIpc) is 2.96. The molecule has 0 fully saturated rings. The Hall–Kier alpha value is -3.66. The van der Waals surface area contributed by atoms with Gasteiger partial charge < -0.3 is 10.1 Å². The van der Waals surface area contributed by atoms with Crippen LogP contribution in [-0.2, 0) is 17.9 Å². The SMILES string of the molecule is CC(=O)Nc1ccc2c(c1)OCc1cc(-c3cccnc3C#N)nn1C2. The van der Waals surface area contributed by atoms with Gasteiger partial charge in [-0.1, -0.05) is 6.07 Å². The minimum Gasteiger partial charge on any atom is -0.487 e. The van der Waals surface area contributed by atoms with Crippen molar-refractivity contribution in [2.24, 2.45) is 0 Å². The Bertz CT molecular complexity index is 1050. The van der Waals surface area contributed by atoms with Crippen LogP contribution in [0.2, 0.25) is 0 Å². The third-order valence-corrected chi connectivity index (χ3v) is 4.14. The van der Waals surface area contributed by atoms with E-state index in [2.05, 4.69) is 21.5 Å². The van der Waals surface area contributed by atoms with E-state index in [1.54, 1.807) is 12.3 Å². The maximum Gasteiger partial charge on any atom is 0.221 e. The zero-order chi connectivity index (χ0) is 18.1. The number of ether oxygens (including phenoxy) is 1. The molecule has 3 aromatic rings. The van der Waals surface area contributed by atoms with E-state index in [0.29, 0.717) is 35.8 Å². The third-order valence-electron chi connectivity index (χ3n) is 4.14. The Kier molecular flexibility index (Phi) is 3.86. The number of amides is 1. The van der Waals surface area contributed by atoms with Crippen LogP contribution >= 0.6 is 0 Å². The molecule has 0 bridgehead atoms. The fourth-order valence-corrected chi connectivity index (χ4v) is 2.95. The Labute approximate surface area is 149 Å². The fraction of sp³-hybridized carbons (Fsp3) is 0.158. The summed E-state index contributed by atoms with van der Waals surface area (Å²) in [5.41, 5.74) is 4.33. The molecule has 1 aliphatic heterocycles.